The summed E-state index contributed by atoms with van der Waals surface area (Å²) in [5.41, 5.74) is 0. The largest absolute Gasteiger partial charge is 0.465 e. The first kappa shape index (κ1) is 10.6. The maximum Gasteiger partial charge on any atom is 0.331 e. The van der Waals surface area contributed by atoms with Gasteiger partial charge in [0.05, 0.1) is 0 Å². The number of hydrogen-bond acceptors (Lipinski definition) is 4. The number of ether oxygens (including phenoxy) is 2. The molecule has 0 saturated carbocycles. The molecule has 0 amide bonds. The Kier molecular flexibility index (Phi) is 4.32. The Morgan fingerprint density at radius 1 is 1.55 bits per heavy atom. The molecule has 0 bridgehead atoms. The normalized spacial score (nSPS) is 11.3. The molecule has 11 heavy (non-hydrogen) atoms. The number of methoxy groups -OCH3 is 1. The standard InChI is InChI=1S/C6H14O4Si/c1-9-4-6(7)10-5-11(2,3)8/h8H,4-5H2,1-3H3. The fourth-order valence-corrected chi connectivity index (χ4v) is 0.931. The first-order valence-corrected chi connectivity index (χ1v) is 6.48. The highest BCUT2D eigenvalue weighted by atomic mass is 28.4. The average Bonchev–Trinajstić information content (AvgIpc) is 1.83. The third-order valence-corrected chi connectivity index (χ3v) is 1.70. The van der Waals surface area contributed by atoms with Crippen molar-refractivity contribution in [3.63, 3.8) is 0 Å². The van der Waals surface area contributed by atoms with E-state index in [9.17, 15) is 9.59 Å². The van der Waals surface area contributed by atoms with Crippen LogP contribution < -0.4 is 0 Å². The van der Waals surface area contributed by atoms with Gasteiger partial charge in [0, 0.05) is 7.11 Å². The van der Waals surface area contributed by atoms with Gasteiger partial charge in [0.1, 0.15) is 12.8 Å². The minimum absolute atomic E-state index is 0.0511. The lowest BCUT2D eigenvalue weighted by Gasteiger charge is -2.13. The molecular weight excluding hydrogens is 164 g/mol. The van der Waals surface area contributed by atoms with Gasteiger partial charge in [-0.3, -0.25) is 0 Å². The van der Waals surface area contributed by atoms with E-state index in [-0.39, 0.29) is 12.8 Å². The molecule has 0 atom stereocenters. The van der Waals surface area contributed by atoms with E-state index in [2.05, 4.69) is 4.74 Å². The van der Waals surface area contributed by atoms with Gasteiger partial charge in [-0.15, -0.1) is 0 Å². The summed E-state index contributed by atoms with van der Waals surface area (Å²) < 4.78 is 9.22. The number of hydrogen-bond donors (Lipinski definition) is 1. The summed E-state index contributed by atoms with van der Waals surface area (Å²) in [4.78, 5) is 19.9. The zero-order valence-electron chi connectivity index (χ0n) is 7.09. The van der Waals surface area contributed by atoms with Crippen LogP contribution in [0.15, 0.2) is 0 Å². The fourth-order valence-electron chi connectivity index (χ4n) is 0.417. The van der Waals surface area contributed by atoms with E-state index in [4.69, 9.17) is 4.74 Å². The van der Waals surface area contributed by atoms with E-state index >= 15 is 0 Å². The molecule has 0 radical (unpaired) electrons. The number of carbonyl (C=O) groups excluding carboxylic acids is 1. The van der Waals surface area contributed by atoms with Crippen molar-refractivity contribution < 1.29 is 19.1 Å². The molecule has 4 nitrogen and oxygen atoms in total. The first-order valence-electron chi connectivity index (χ1n) is 3.32. The maximum atomic E-state index is 10.7. The lowest BCUT2D eigenvalue weighted by molar-refractivity contribution is -0.146. The van der Waals surface area contributed by atoms with Crippen molar-refractivity contribution in [3.8, 4) is 0 Å². The van der Waals surface area contributed by atoms with Crippen LogP contribution in [-0.2, 0) is 14.3 Å². The molecule has 0 aromatic rings. The molecule has 0 aromatic heterocycles. The Bertz CT molecular complexity index is 129. The summed E-state index contributed by atoms with van der Waals surface area (Å²) in [5, 5.41) is 0. The fraction of sp³-hybridized carbons (Fsp3) is 0.833. The van der Waals surface area contributed by atoms with Crippen molar-refractivity contribution in [2.24, 2.45) is 0 Å². The second kappa shape index (κ2) is 4.48. The van der Waals surface area contributed by atoms with Crippen LogP contribution in [0.5, 0.6) is 0 Å². The van der Waals surface area contributed by atoms with Crippen LogP contribution in [0, 0.1) is 0 Å². The van der Waals surface area contributed by atoms with Crippen molar-refractivity contribution in [3.05, 3.63) is 0 Å². The lowest BCUT2D eigenvalue weighted by atomic mass is 10.7. The third-order valence-electron chi connectivity index (χ3n) is 0.849. The van der Waals surface area contributed by atoms with E-state index in [1.54, 1.807) is 13.1 Å². The van der Waals surface area contributed by atoms with Gasteiger partial charge in [-0.25, -0.2) is 4.79 Å². The highest BCUT2D eigenvalue weighted by Gasteiger charge is 2.19. The molecular formula is C6H14O4Si. The van der Waals surface area contributed by atoms with Crippen molar-refractivity contribution in [1.82, 2.24) is 0 Å². The van der Waals surface area contributed by atoms with Crippen LogP contribution in [0.2, 0.25) is 13.1 Å². The highest BCUT2D eigenvalue weighted by molar-refractivity contribution is 6.69. The van der Waals surface area contributed by atoms with Gasteiger partial charge < -0.3 is 14.3 Å². The summed E-state index contributed by atoms with van der Waals surface area (Å²) >= 11 is 0. The first-order chi connectivity index (χ1) is 4.95. The van der Waals surface area contributed by atoms with Gasteiger partial charge in [-0.1, -0.05) is 0 Å². The molecule has 0 heterocycles. The molecule has 0 aromatic carbocycles. The number of esters is 1. The van der Waals surface area contributed by atoms with Crippen molar-refractivity contribution in [2.75, 3.05) is 19.9 Å². The van der Waals surface area contributed by atoms with E-state index < -0.39 is 14.3 Å². The molecule has 0 aliphatic rings. The van der Waals surface area contributed by atoms with Gasteiger partial charge in [-0.05, 0) is 13.1 Å². The molecule has 5 heteroatoms. The topological polar surface area (TPSA) is 55.8 Å². The average molecular weight is 178 g/mol. The Morgan fingerprint density at radius 3 is 2.45 bits per heavy atom. The minimum Gasteiger partial charge on any atom is -0.465 e. The van der Waals surface area contributed by atoms with Crippen LogP contribution >= 0.6 is 0 Å². The van der Waals surface area contributed by atoms with E-state index in [0.717, 1.165) is 0 Å². The Labute approximate surface area is 67.3 Å². The summed E-state index contributed by atoms with van der Waals surface area (Å²) in [7, 11) is -0.828. The van der Waals surface area contributed by atoms with Crippen LogP contribution in [0.1, 0.15) is 0 Å². The number of carbonyl (C=O) groups is 1. The number of rotatable bonds is 4. The second-order valence-electron chi connectivity index (χ2n) is 2.91. The monoisotopic (exact) mass is 178 g/mol. The molecule has 0 aliphatic heterocycles. The lowest BCUT2D eigenvalue weighted by Crippen LogP contribution is -2.34. The molecule has 0 rings (SSSR count). The van der Waals surface area contributed by atoms with Crippen LogP contribution in [0.25, 0.3) is 0 Å². The molecule has 0 unspecified atom stereocenters. The molecule has 1 N–H and O–H groups in total. The zero-order chi connectivity index (χ0) is 8.91. The van der Waals surface area contributed by atoms with E-state index in [1.807, 2.05) is 0 Å². The zero-order valence-corrected chi connectivity index (χ0v) is 8.09. The van der Waals surface area contributed by atoms with Crippen molar-refractivity contribution in [1.29, 1.82) is 0 Å². The van der Waals surface area contributed by atoms with Crippen molar-refractivity contribution >= 4 is 14.3 Å². The van der Waals surface area contributed by atoms with Gasteiger partial charge >= 0.3 is 5.97 Å². The second-order valence-corrected chi connectivity index (χ2v) is 6.82. The third kappa shape index (κ3) is 7.50. The Morgan fingerprint density at radius 2 is 2.09 bits per heavy atom. The predicted molar refractivity (Wildman–Crippen MR) is 42.5 cm³/mol. The molecule has 66 valence electrons. The van der Waals surface area contributed by atoms with Gasteiger partial charge in [0.25, 0.3) is 0 Å². The van der Waals surface area contributed by atoms with Gasteiger partial charge in [0.15, 0.2) is 0 Å². The summed E-state index contributed by atoms with van der Waals surface area (Å²) in [6.07, 6.45) is 0.134. The minimum atomic E-state index is -2.25. The quantitative estimate of drug-likeness (QED) is 0.483. The predicted octanol–water partition coefficient (Wildman–Crippen LogP) is -0.0874. The highest BCUT2D eigenvalue weighted by Crippen LogP contribution is 1.96. The van der Waals surface area contributed by atoms with Crippen LogP contribution in [0.4, 0.5) is 0 Å². The maximum absolute atomic E-state index is 10.7. The summed E-state index contributed by atoms with van der Waals surface area (Å²) in [6, 6.07) is 0. The molecule has 0 saturated heterocycles. The molecule has 0 aliphatic carbocycles. The SMILES string of the molecule is COCC(=O)OC[Si](C)(C)O. The van der Waals surface area contributed by atoms with E-state index in [1.165, 1.54) is 7.11 Å². The summed E-state index contributed by atoms with van der Waals surface area (Å²) in [6.45, 7) is 3.35. The smallest absolute Gasteiger partial charge is 0.331 e. The van der Waals surface area contributed by atoms with E-state index in [0.29, 0.717) is 0 Å². The van der Waals surface area contributed by atoms with Crippen LogP contribution in [-0.4, -0.2) is 39.0 Å². The Hall–Kier alpha value is -0.393. The molecule has 0 fully saturated rings. The van der Waals surface area contributed by atoms with Crippen molar-refractivity contribution in [2.45, 2.75) is 13.1 Å². The summed E-state index contributed by atoms with van der Waals surface area (Å²) in [5.74, 6) is -0.429. The van der Waals surface area contributed by atoms with Gasteiger partial charge in [-0.2, -0.15) is 0 Å². The molecule has 0 spiro atoms. The van der Waals surface area contributed by atoms with Crippen LogP contribution in [0.3, 0.4) is 0 Å². The Balaban J connectivity index is 3.46. The van der Waals surface area contributed by atoms with Gasteiger partial charge in [0.2, 0.25) is 8.32 Å².